The molecule has 0 spiro atoms. The van der Waals surface area contributed by atoms with Gasteiger partial charge in [-0.15, -0.1) is 0 Å². The number of aryl methyl sites for hydroxylation is 1. The first-order chi connectivity index (χ1) is 9.22. The first-order valence-electron chi connectivity index (χ1n) is 6.50. The van der Waals surface area contributed by atoms with Crippen LogP contribution < -0.4 is 5.32 Å². The van der Waals surface area contributed by atoms with Gasteiger partial charge in [0.1, 0.15) is 0 Å². The number of nitrogens with zero attached hydrogens (tertiary/aromatic N) is 2. The number of benzene rings is 1. The maximum absolute atomic E-state index is 5.27. The zero-order valence-electron chi connectivity index (χ0n) is 11.1. The molecule has 1 fully saturated rings. The van der Waals surface area contributed by atoms with Crippen molar-refractivity contribution in [3.05, 3.63) is 30.1 Å². The van der Waals surface area contributed by atoms with E-state index in [-0.39, 0.29) is 0 Å². The minimum Gasteiger partial charge on any atom is -0.381 e. The Labute approximate surface area is 117 Å². The highest BCUT2D eigenvalue weighted by Gasteiger charge is 2.23. The molecule has 0 aliphatic carbocycles. The molecule has 2 atom stereocenters. The molecule has 19 heavy (non-hydrogen) atoms. The van der Waals surface area contributed by atoms with Crippen molar-refractivity contribution < 1.29 is 4.52 Å². The quantitative estimate of drug-likeness (QED) is 0.931. The highest BCUT2D eigenvalue weighted by atomic mass is 32.2. The van der Waals surface area contributed by atoms with Crippen LogP contribution in [0.3, 0.4) is 0 Å². The molecule has 2 aromatic rings. The summed E-state index contributed by atoms with van der Waals surface area (Å²) in [6, 6.07) is 8.63. The van der Waals surface area contributed by atoms with Crippen molar-refractivity contribution >= 4 is 17.4 Å². The summed E-state index contributed by atoms with van der Waals surface area (Å²) in [4.78, 5) is 4.31. The molecule has 0 amide bonds. The van der Waals surface area contributed by atoms with Crippen LogP contribution in [0, 0.1) is 6.92 Å². The summed E-state index contributed by atoms with van der Waals surface area (Å²) in [5.41, 5.74) is 2.05. The fourth-order valence-electron chi connectivity index (χ4n) is 2.34. The van der Waals surface area contributed by atoms with Crippen LogP contribution in [0.1, 0.15) is 19.2 Å². The molecule has 2 unspecified atom stereocenters. The molecule has 3 rings (SSSR count). The van der Waals surface area contributed by atoms with Gasteiger partial charge in [0.2, 0.25) is 0 Å². The van der Waals surface area contributed by atoms with Crippen molar-refractivity contribution in [3.63, 3.8) is 0 Å². The van der Waals surface area contributed by atoms with Gasteiger partial charge >= 0.3 is 0 Å². The Morgan fingerprint density at radius 2 is 2.21 bits per heavy atom. The number of hydrogen-bond acceptors (Lipinski definition) is 5. The summed E-state index contributed by atoms with van der Waals surface area (Å²) < 4.78 is 5.27. The van der Waals surface area contributed by atoms with Gasteiger partial charge in [-0.25, -0.2) is 0 Å². The number of para-hydroxylation sites is 1. The van der Waals surface area contributed by atoms with E-state index in [0.717, 1.165) is 22.3 Å². The predicted molar refractivity (Wildman–Crippen MR) is 78.4 cm³/mol. The highest BCUT2D eigenvalue weighted by Crippen LogP contribution is 2.32. The number of aromatic nitrogens is 2. The van der Waals surface area contributed by atoms with Crippen molar-refractivity contribution in [2.45, 2.75) is 31.6 Å². The van der Waals surface area contributed by atoms with Crippen LogP contribution in [0.25, 0.3) is 11.5 Å². The van der Waals surface area contributed by atoms with E-state index in [1.165, 1.54) is 6.42 Å². The van der Waals surface area contributed by atoms with Crippen LogP contribution in [0.4, 0.5) is 5.69 Å². The largest absolute Gasteiger partial charge is 0.381 e. The van der Waals surface area contributed by atoms with Crippen LogP contribution in [0.5, 0.6) is 0 Å². The highest BCUT2D eigenvalue weighted by molar-refractivity contribution is 8.00. The molecule has 100 valence electrons. The van der Waals surface area contributed by atoms with Crippen LogP contribution in [-0.2, 0) is 0 Å². The van der Waals surface area contributed by atoms with Crippen LogP contribution in [0.2, 0.25) is 0 Å². The Balaban J connectivity index is 1.85. The minimum absolute atomic E-state index is 0.519. The zero-order valence-corrected chi connectivity index (χ0v) is 11.9. The van der Waals surface area contributed by atoms with E-state index in [1.807, 2.05) is 36.9 Å². The van der Waals surface area contributed by atoms with Gasteiger partial charge in [-0.05, 0) is 25.5 Å². The molecule has 1 saturated heterocycles. The fraction of sp³-hybridized carbons (Fsp3) is 0.429. The van der Waals surface area contributed by atoms with Gasteiger partial charge in [0, 0.05) is 22.7 Å². The molecule has 1 aliphatic heterocycles. The third kappa shape index (κ3) is 2.76. The molecule has 1 N–H and O–H groups in total. The molecule has 1 aromatic carbocycles. The minimum atomic E-state index is 0.519. The Morgan fingerprint density at radius 3 is 2.89 bits per heavy atom. The van der Waals surface area contributed by atoms with Crippen LogP contribution >= 0.6 is 11.8 Å². The summed E-state index contributed by atoms with van der Waals surface area (Å²) >= 11 is 2.02. The Hall–Kier alpha value is -1.49. The first-order valence-corrected chi connectivity index (χ1v) is 7.55. The van der Waals surface area contributed by atoms with Gasteiger partial charge in [0.15, 0.2) is 5.82 Å². The second-order valence-electron chi connectivity index (χ2n) is 4.91. The second kappa shape index (κ2) is 5.25. The Bertz CT molecular complexity index is 569. The normalized spacial score (nSPS) is 22.6. The lowest BCUT2D eigenvalue weighted by Gasteiger charge is -2.15. The Morgan fingerprint density at radius 1 is 1.37 bits per heavy atom. The van der Waals surface area contributed by atoms with Gasteiger partial charge in [-0.3, -0.25) is 0 Å². The van der Waals surface area contributed by atoms with E-state index in [4.69, 9.17) is 4.52 Å². The molecule has 2 heterocycles. The first kappa shape index (κ1) is 12.5. The van der Waals surface area contributed by atoms with Crippen LogP contribution in [-0.4, -0.2) is 27.2 Å². The topological polar surface area (TPSA) is 51.0 Å². The third-order valence-electron chi connectivity index (χ3n) is 3.24. The predicted octanol–water partition coefficient (Wildman–Crippen LogP) is 3.35. The maximum atomic E-state index is 5.27. The van der Waals surface area contributed by atoms with E-state index in [2.05, 4.69) is 28.4 Å². The lowest BCUT2D eigenvalue weighted by molar-refractivity contribution is 0.425. The summed E-state index contributed by atoms with van der Waals surface area (Å²) in [7, 11) is 0. The maximum Gasteiger partial charge on any atom is 0.260 e. The van der Waals surface area contributed by atoms with Crippen molar-refractivity contribution in [2.75, 3.05) is 11.1 Å². The second-order valence-corrected chi connectivity index (χ2v) is 6.38. The van der Waals surface area contributed by atoms with Gasteiger partial charge in [-0.1, -0.05) is 24.2 Å². The molecule has 1 aliphatic rings. The van der Waals surface area contributed by atoms with Gasteiger partial charge < -0.3 is 9.84 Å². The summed E-state index contributed by atoms with van der Waals surface area (Å²) in [5.74, 6) is 2.40. The van der Waals surface area contributed by atoms with Crippen molar-refractivity contribution in [3.8, 4) is 11.5 Å². The van der Waals surface area contributed by atoms with Crippen molar-refractivity contribution in [1.29, 1.82) is 0 Å². The molecule has 5 heteroatoms. The number of rotatable bonds is 3. The van der Waals surface area contributed by atoms with Crippen LogP contribution in [0.15, 0.2) is 28.8 Å². The lowest BCUT2D eigenvalue weighted by Crippen LogP contribution is -2.19. The van der Waals surface area contributed by atoms with Gasteiger partial charge in [-0.2, -0.15) is 16.7 Å². The summed E-state index contributed by atoms with van der Waals surface area (Å²) in [6.45, 7) is 4.11. The monoisotopic (exact) mass is 275 g/mol. The third-order valence-corrected chi connectivity index (χ3v) is 4.60. The van der Waals surface area contributed by atoms with Gasteiger partial charge in [0.05, 0.1) is 5.56 Å². The fourth-order valence-corrected chi connectivity index (χ4v) is 3.49. The molecule has 1 aromatic heterocycles. The van der Waals surface area contributed by atoms with Crippen molar-refractivity contribution in [1.82, 2.24) is 10.1 Å². The smallest absolute Gasteiger partial charge is 0.260 e. The molecule has 0 saturated carbocycles. The van der Waals surface area contributed by atoms with E-state index in [0.29, 0.717) is 17.8 Å². The lowest BCUT2D eigenvalue weighted by atomic mass is 10.1. The average Bonchev–Trinajstić information content (AvgIpc) is 2.99. The number of hydrogen-bond donors (Lipinski definition) is 1. The Kier molecular flexibility index (Phi) is 3.46. The standard InChI is InChI=1S/C14H17N3OS/c1-9-7-11(8-19-9)16-13-6-4-3-5-12(13)14-15-10(2)17-18-14/h3-6,9,11,16H,7-8H2,1-2H3. The molecule has 4 nitrogen and oxygen atoms in total. The molecule has 0 radical (unpaired) electrons. The van der Waals surface area contributed by atoms with E-state index in [9.17, 15) is 0 Å². The number of thioether (sulfide) groups is 1. The SMILES string of the molecule is Cc1noc(-c2ccccc2NC2CSC(C)C2)n1. The molecule has 0 bridgehead atoms. The van der Waals surface area contributed by atoms with Gasteiger partial charge in [0.25, 0.3) is 5.89 Å². The number of anilines is 1. The summed E-state index contributed by atoms with van der Waals surface area (Å²) in [5, 5.41) is 8.19. The average molecular weight is 275 g/mol. The number of nitrogens with one attached hydrogen (secondary N) is 1. The molecular weight excluding hydrogens is 258 g/mol. The molecular formula is C14H17N3OS. The van der Waals surface area contributed by atoms with Crippen molar-refractivity contribution in [2.24, 2.45) is 0 Å². The summed E-state index contributed by atoms with van der Waals surface area (Å²) in [6.07, 6.45) is 1.20. The van der Waals surface area contributed by atoms with E-state index < -0.39 is 0 Å². The van der Waals surface area contributed by atoms with E-state index >= 15 is 0 Å². The zero-order chi connectivity index (χ0) is 13.2. The van der Waals surface area contributed by atoms with E-state index in [1.54, 1.807) is 0 Å².